The fraction of sp³-hybridized carbons (Fsp3) is 0.214. The lowest BCUT2D eigenvalue weighted by Crippen LogP contribution is -2.08. The van der Waals surface area contributed by atoms with Crippen molar-refractivity contribution in [1.82, 2.24) is 4.98 Å². The van der Waals surface area contributed by atoms with E-state index in [4.69, 9.17) is 11.6 Å². The number of aromatic hydroxyl groups is 1. The first-order chi connectivity index (χ1) is 8.97. The van der Waals surface area contributed by atoms with Crippen LogP contribution < -0.4 is 5.32 Å². The number of phenolic OH excluding ortho intramolecular Hbond substituents is 1. The molecule has 0 spiro atoms. The third-order valence-electron chi connectivity index (χ3n) is 2.80. The molecule has 2 aromatic rings. The topological polar surface area (TPSA) is 45.2 Å². The maximum absolute atomic E-state index is 13.2. The fourth-order valence-corrected chi connectivity index (χ4v) is 1.99. The van der Waals surface area contributed by atoms with Crippen molar-refractivity contribution in [3.8, 4) is 5.75 Å². The molecule has 2 rings (SSSR count). The van der Waals surface area contributed by atoms with Crippen molar-refractivity contribution in [3.05, 3.63) is 52.6 Å². The number of anilines is 1. The predicted octanol–water partition coefficient (Wildman–Crippen LogP) is 4.06. The lowest BCUT2D eigenvalue weighted by Gasteiger charge is -2.17. The Bertz CT molecular complexity index is 604. The van der Waals surface area contributed by atoms with Gasteiger partial charge in [0.05, 0.1) is 11.7 Å². The maximum atomic E-state index is 13.2. The molecule has 1 atom stereocenters. The summed E-state index contributed by atoms with van der Waals surface area (Å²) in [5.74, 6) is -0.354. The monoisotopic (exact) mass is 280 g/mol. The Morgan fingerprint density at radius 3 is 2.84 bits per heavy atom. The van der Waals surface area contributed by atoms with E-state index in [1.54, 1.807) is 6.20 Å². The van der Waals surface area contributed by atoms with E-state index in [2.05, 4.69) is 10.3 Å². The average molecular weight is 281 g/mol. The molecular weight excluding hydrogens is 267 g/mol. The van der Waals surface area contributed by atoms with E-state index in [1.807, 2.05) is 19.9 Å². The van der Waals surface area contributed by atoms with Crippen LogP contribution in [0, 0.1) is 12.7 Å². The van der Waals surface area contributed by atoms with Gasteiger partial charge in [-0.3, -0.25) is 0 Å². The highest BCUT2D eigenvalue weighted by Gasteiger charge is 2.13. The smallest absolute Gasteiger partial charge is 0.152 e. The van der Waals surface area contributed by atoms with E-state index in [-0.39, 0.29) is 11.8 Å². The Morgan fingerprint density at radius 1 is 1.37 bits per heavy atom. The number of rotatable bonds is 3. The second-order valence-electron chi connectivity index (χ2n) is 4.42. The molecule has 0 fully saturated rings. The molecule has 2 N–H and O–H groups in total. The summed E-state index contributed by atoms with van der Waals surface area (Å²) < 4.78 is 13.2. The number of aromatic nitrogens is 1. The van der Waals surface area contributed by atoms with Crippen LogP contribution in [0.4, 0.5) is 10.1 Å². The summed E-state index contributed by atoms with van der Waals surface area (Å²) in [6.07, 6.45) is 1.66. The Kier molecular flexibility index (Phi) is 3.90. The molecule has 0 aliphatic carbocycles. The van der Waals surface area contributed by atoms with Crippen molar-refractivity contribution in [3.63, 3.8) is 0 Å². The molecule has 100 valence electrons. The lowest BCUT2D eigenvalue weighted by molar-refractivity contribution is 0.462. The highest BCUT2D eigenvalue weighted by Crippen LogP contribution is 2.30. The Labute approximate surface area is 116 Å². The summed E-state index contributed by atoms with van der Waals surface area (Å²) in [5.41, 5.74) is 2.08. The van der Waals surface area contributed by atoms with Crippen LogP contribution in [0.1, 0.15) is 24.1 Å². The molecule has 0 aliphatic heterocycles. The fourth-order valence-electron chi connectivity index (χ4n) is 1.84. The molecule has 0 amide bonds. The number of aryl methyl sites for hydroxylation is 1. The van der Waals surface area contributed by atoms with Crippen LogP contribution >= 0.6 is 11.6 Å². The molecule has 0 radical (unpaired) electrons. The van der Waals surface area contributed by atoms with Gasteiger partial charge in [-0.15, -0.1) is 0 Å². The molecule has 0 saturated heterocycles. The summed E-state index contributed by atoms with van der Waals surface area (Å²) in [4.78, 5) is 4.03. The van der Waals surface area contributed by atoms with Gasteiger partial charge in [0.25, 0.3) is 0 Å². The van der Waals surface area contributed by atoms with Crippen LogP contribution in [-0.2, 0) is 0 Å². The van der Waals surface area contributed by atoms with Crippen LogP contribution in [0.3, 0.4) is 0 Å². The van der Waals surface area contributed by atoms with E-state index < -0.39 is 5.82 Å². The summed E-state index contributed by atoms with van der Waals surface area (Å²) in [7, 11) is 0. The quantitative estimate of drug-likeness (QED) is 0.834. The SMILES string of the molecule is Cc1cnc(Cl)c(NC(C)c2cc(F)ccc2O)c1. The number of nitrogens with zero attached hydrogens (tertiary/aromatic N) is 1. The van der Waals surface area contributed by atoms with Crippen LogP contribution in [0.5, 0.6) is 5.75 Å². The summed E-state index contributed by atoms with van der Waals surface area (Å²) in [5, 5.41) is 13.2. The third-order valence-corrected chi connectivity index (χ3v) is 3.11. The minimum atomic E-state index is -0.394. The van der Waals surface area contributed by atoms with E-state index in [9.17, 15) is 9.50 Å². The first-order valence-electron chi connectivity index (χ1n) is 5.84. The largest absolute Gasteiger partial charge is 0.508 e. The van der Waals surface area contributed by atoms with Crippen LogP contribution in [0.15, 0.2) is 30.5 Å². The second kappa shape index (κ2) is 5.45. The molecule has 1 aromatic heterocycles. The van der Waals surface area contributed by atoms with Gasteiger partial charge in [-0.25, -0.2) is 9.37 Å². The van der Waals surface area contributed by atoms with Crippen LogP contribution in [-0.4, -0.2) is 10.1 Å². The minimum absolute atomic E-state index is 0.0399. The van der Waals surface area contributed by atoms with Gasteiger partial charge in [0.2, 0.25) is 0 Å². The minimum Gasteiger partial charge on any atom is -0.508 e. The highest BCUT2D eigenvalue weighted by molar-refractivity contribution is 6.31. The van der Waals surface area contributed by atoms with Crippen molar-refractivity contribution < 1.29 is 9.50 Å². The van der Waals surface area contributed by atoms with Gasteiger partial charge < -0.3 is 10.4 Å². The molecule has 0 bridgehead atoms. The van der Waals surface area contributed by atoms with Crippen molar-refractivity contribution in [2.24, 2.45) is 0 Å². The van der Waals surface area contributed by atoms with E-state index in [0.29, 0.717) is 16.4 Å². The summed E-state index contributed by atoms with van der Waals surface area (Å²) in [6, 6.07) is 5.40. The molecule has 3 nitrogen and oxygen atoms in total. The molecule has 1 heterocycles. The zero-order valence-corrected chi connectivity index (χ0v) is 11.4. The number of hydrogen-bond acceptors (Lipinski definition) is 3. The molecule has 5 heteroatoms. The maximum Gasteiger partial charge on any atom is 0.152 e. The second-order valence-corrected chi connectivity index (χ2v) is 4.78. The van der Waals surface area contributed by atoms with Gasteiger partial charge in [0.15, 0.2) is 5.15 Å². The van der Waals surface area contributed by atoms with Gasteiger partial charge >= 0.3 is 0 Å². The first kappa shape index (κ1) is 13.6. The Balaban J connectivity index is 2.27. The van der Waals surface area contributed by atoms with Gasteiger partial charge in [-0.1, -0.05) is 11.6 Å². The molecular formula is C14H14ClFN2O. The third kappa shape index (κ3) is 3.15. The number of halogens is 2. The Morgan fingerprint density at radius 2 is 2.11 bits per heavy atom. The van der Waals surface area contributed by atoms with Crippen molar-refractivity contribution in [1.29, 1.82) is 0 Å². The van der Waals surface area contributed by atoms with E-state index >= 15 is 0 Å². The Hall–Kier alpha value is -1.81. The van der Waals surface area contributed by atoms with Crippen LogP contribution in [0.25, 0.3) is 0 Å². The van der Waals surface area contributed by atoms with Gasteiger partial charge in [-0.2, -0.15) is 0 Å². The number of nitrogens with one attached hydrogen (secondary N) is 1. The average Bonchev–Trinajstić information content (AvgIpc) is 2.36. The molecule has 19 heavy (non-hydrogen) atoms. The standard InChI is InChI=1S/C14H14ClFN2O/c1-8-5-12(14(15)17-7-8)18-9(2)11-6-10(16)3-4-13(11)19/h3-7,9,18-19H,1-2H3. The van der Waals surface area contributed by atoms with Gasteiger partial charge in [0, 0.05) is 11.8 Å². The van der Waals surface area contributed by atoms with Crippen LogP contribution in [0.2, 0.25) is 5.15 Å². The summed E-state index contributed by atoms with van der Waals surface area (Å²) >= 11 is 5.99. The number of pyridine rings is 1. The first-order valence-corrected chi connectivity index (χ1v) is 6.22. The number of phenols is 1. The van der Waals surface area contributed by atoms with Crippen molar-refractivity contribution in [2.45, 2.75) is 19.9 Å². The van der Waals surface area contributed by atoms with Gasteiger partial charge in [0.1, 0.15) is 11.6 Å². The van der Waals surface area contributed by atoms with E-state index in [1.165, 1.54) is 18.2 Å². The van der Waals surface area contributed by atoms with E-state index in [0.717, 1.165) is 5.56 Å². The van der Waals surface area contributed by atoms with Gasteiger partial charge in [-0.05, 0) is 43.7 Å². The highest BCUT2D eigenvalue weighted by atomic mass is 35.5. The number of benzene rings is 1. The zero-order chi connectivity index (χ0) is 14.0. The van der Waals surface area contributed by atoms with Crippen molar-refractivity contribution >= 4 is 17.3 Å². The molecule has 1 aromatic carbocycles. The lowest BCUT2D eigenvalue weighted by atomic mass is 10.1. The zero-order valence-electron chi connectivity index (χ0n) is 10.6. The van der Waals surface area contributed by atoms with Crippen molar-refractivity contribution in [2.75, 3.05) is 5.32 Å². The molecule has 1 unspecified atom stereocenters. The number of hydrogen-bond donors (Lipinski definition) is 2. The summed E-state index contributed by atoms with van der Waals surface area (Å²) in [6.45, 7) is 3.71. The molecule has 0 aliphatic rings. The molecule has 0 saturated carbocycles. The predicted molar refractivity (Wildman–Crippen MR) is 74.1 cm³/mol. The normalized spacial score (nSPS) is 12.2.